The molecule has 21 heavy (non-hydrogen) atoms. The molecule has 2 aromatic rings. The Hall–Kier alpha value is -1.95. The second-order valence-electron chi connectivity index (χ2n) is 5.41. The van der Waals surface area contributed by atoms with Crippen molar-refractivity contribution in [1.29, 1.82) is 0 Å². The molecule has 0 aliphatic rings. The molecule has 1 atom stereocenters. The minimum atomic E-state index is -0.873. The van der Waals surface area contributed by atoms with Gasteiger partial charge in [-0.05, 0) is 30.5 Å². The van der Waals surface area contributed by atoms with E-state index in [1.165, 1.54) is 11.3 Å². The van der Waals surface area contributed by atoms with E-state index in [0.29, 0.717) is 12.0 Å². The van der Waals surface area contributed by atoms with E-state index in [1.807, 2.05) is 13.8 Å². The predicted octanol–water partition coefficient (Wildman–Crippen LogP) is 2.77. The molecule has 0 fully saturated rings. The van der Waals surface area contributed by atoms with Crippen molar-refractivity contribution in [2.24, 2.45) is 11.8 Å². The number of rotatable bonds is 6. The lowest BCUT2D eigenvalue weighted by Gasteiger charge is -2.15. The maximum Gasteiger partial charge on any atom is 0.308 e. The molecule has 0 spiro atoms. The van der Waals surface area contributed by atoms with Gasteiger partial charge in [0.15, 0.2) is 0 Å². The summed E-state index contributed by atoms with van der Waals surface area (Å²) in [5.74, 6) is -1.40. The second kappa shape index (κ2) is 6.67. The molecule has 2 rings (SSSR count). The maximum atomic E-state index is 12.1. The molecule has 5 nitrogen and oxygen atoms in total. The molecule has 2 N–H and O–H groups in total. The van der Waals surface area contributed by atoms with Crippen molar-refractivity contribution in [1.82, 2.24) is 10.3 Å². The fraction of sp³-hybridized carbons (Fsp3) is 0.400. The number of amides is 1. The summed E-state index contributed by atoms with van der Waals surface area (Å²) in [7, 11) is 0. The predicted molar refractivity (Wildman–Crippen MR) is 82.5 cm³/mol. The minimum absolute atomic E-state index is 0.146. The van der Waals surface area contributed by atoms with Gasteiger partial charge in [0.2, 0.25) is 0 Å². The monoisotopic (exact) mass is 306 g/mol. The van der Waals surface area contributed by atoms with Gasteiger partial charge in [-0.2, -0.15) is 0 Å². The number of benzene rings is 1. The molecule has 112 valence electrons. The average Bonchev–Trinajstić information content (AvgIpc) is 2.89. The molecule has 0 saturated carbocycles. The highest BCUT2D eigenvalue weighted by atomic mass is 32.1. The van der Waals surface area contributed by atoms with Crippen molar-refractivity contribution in [3.05, 3.63) is 29.3 Å². The Morgan fingerprint density at radius 1 is 1.38 bits per heavy atom. The van der Waals surface area contributed by atoms with Crippen LogP contribution in [0.3, 0.4) is 0 Å². The quantitative estimate of drug-likeness (QED) is 0.860. The first-order valence-electron chi connectivity index (χ1n) is 6.81. The SMILES string of the molecule is CC(C)CC(CNC(=O)c1ccc2ncsc2c1)C(=O)O. The Morgan fingerprint density at radius 2 is 2.14 bits per heavy atom. The van der Waals surface area contributed by atoms with Crippen molar-refractivity contribution in [2.75, 3.05) is 6.54 Å². The molecule has 1 aromatic carbocycles. The van der Waals surface area contributed by atoms with E-state index in [9.17, 15) is 9.59 Å². The lowest BCUT2D eigenvalue weighted by molar-refractivity contribution is -0.142. The van der Waals surface area contributed by atoms with Crippen LogP contribution in [-0.2, 0) is 4.79 Å². The Bertz CT molecular complexity index is 651. The van der Waals surface area contributed by atoms with Crippen LogP contribution in [0, 0.1) is 11.8 Å². The lowest BCUT2D eigenvalue weighted by atomic mass is 9.97. The number of carboxylic acids is 1. The van der Waals surface area contributed by atoms with Crippen molar-refractivity contribution in [2.45, 2.75) is 20.3 Å². The first-order chi connectivity index (χ1) is 9.97. The van der Waals surface area contributed by atoms with Crippen LogP contribution in [0.5, 0.6) is 0 Å². The van der Waals surface area contributed by atoms with E-state index in [2.05, 4.69) is 10.3 Å². The third-order valence-electron chi connectivity index (χ3n) is 3.21. The number of thiazole rings is 1. The van der Waals surface area contributed by atoms with Crippen LogP contribution in [-0.4, -0.2) is 28.5 Å². The highest BCUT2D eigenvalue weighted by Crippen LogP contribution is 2.19. The molecule has 0 aliphatic heterocycles. The summed E-state index contributed by atoms with van der Waals surface area (Å²) in [6, 6.07) is 5.28. The van der Waals surface area contributed by atoms with E-state index < -0.39 is 11.9 Å². The summed E-state index contributed by atoms with van der Waals surface area (Å²) in [6.45, 7) is 4.08. The molecule has 1 heterocycles. The van der Waals surface area contributed by atoms with Gasteiger partial charge in [-0.3, -0.25) is 9.59 Å². The molecule has 0 saturated heterocycles. The summed E-state index contributed by atoms with van der Waals surface area (Å²) in [5.41, 5.74) is 3.12. The molecule has 1 unspecified atom stereocenters. The first-order valence-corrected chi connectivity index (χ1v) is 7.69. The van der Waals surface area contributed by atoms with Gasteiger partial charge < -0.3 is 10.4 Å². The van der Waals surface area contributed by atoms with E-state index in [1.54, 1.807) is 23.7 Å². The summed E-state index contributed by atoms with van der Waals surface area (Å²) < 4.78 is 0.944. The Balaban J connectivity index is 2.01. The Kier molecular flexibility index (Phi) is 4.90. The van der Waals surface area contributed by atoms with Gasteiger partial charge in [0.25, 0.3) is 5.91 Å². The van der Waals surface area contributed by atoms with Crippen molar-refractivity contribution < 1.29 is 14.7 Å². The van der Waals surface area contributed by atoms with Crippen LogP contribution in [0.1, 0.15) is 30.6 Å². The molecule has 0 aliphatic carbocycles. The highest BCUT2D eigenvalue weighted by Gasteiger charge is 2.20. The highest BCUT2D eigenvalue weighted by molar-refractivity contribution is 7.16. The third kappa shape index (κ3) is 4.01. The van der Waals surface area contributed by atoms with Gasteiger partial charge in [0.1, 0.15) is 0 Å². The van der Waals surface area contributed by atoms with Crippen LogP contribution in [0.2, 0.25) is 0 Å². The number of fused-ring (bicyclic) bond motifs is 1. The summed E-state index contributed by atoms with van der Waals surface area (Å²) >= 11 is 1.47. The van der Waals surface area contributed by atoms with Crippen LogP contribution in [0.25, 0.3) is 10.2 Å². The number of nitrogens with zero attached hydrogens (tertiary/aromatic N) is 1. The van der Waals surface area contributed by atoms with E-state index in [-0.39, 0.29) is 18.4 Å². The van der Waals surface area contributed by atoms with Crippen molar-refractivity contribution in [3.63, 3.8) is 0 Å². The van der Waals surface area contributed by atoms with Gasteiger partial charge in [-0.1, -0.05) is 13.8 Å². The van der Waals surface area contributed by atoms with Crippen LogP contribution >= 0.6 is 11.3 Å². The third-order valence-corrected chi connectivity index (χ3v) is 4.00. The van der Waals surface area contributed by atoms with Crippen LogP contribution < -0.4 is 5.32 Å². The lowest BCUT2D eigenvalue weighted by Crippen LogP contribution is -2.33. The van der Waals surface area contributed by atoms with Crippen LogP contribution in [0.4, 0.5) is 0 Å². The standard InChI is InChI=1S/C15H18N2O3S/c1-9(2)5-11(15(19)20)7-16-14(18)10-3-4-12-13(6-10)21-8-17-12/h3-4,6,8-9,11H,5,7H2,1-2H3,(H,16,18)(H,19,20). The van der Waals surface area contributed by atoms with Gasteiger partial charge >= 0.3 is 5.97 Å². The molecule has 0 bridgehead atoms. The topological polar surface area (TPSA) is 79.3 Å². The molecule has 6 heteroatoms. The van der Waals surface area contributed by atoms with E-state index in [0.717, 1.165) is 10.2 Å². The molecule has 1 amide bonds. The fourth-order valence-corrected chi connectivity index (χ4v) is 2.87. The Labute approximate surface area is 127 Å². The molecule has 0 radical (unpaired) electrons. The fourth-order valence-electron chi connectivity index (χ4n) is 2.15. The van der Waals surface area contributed by atoms with Gasteiger partial charge in [0.05, 0.1) is 21.6 Å². The average molecular weight is 306 g/mol. The zero-order valence-electron chi connectivity index (χ0n) is 12.0. The number of aliphatic carboxylic acids is 1. The molecule has 1 aromatic heterocycles. The number of aromatic nitrogens is 1. The normalized spacial score (nSPS) is 12.5. The second-order valence-corrected chi connectivity index (χ2v) is 6.30. The van der Waals surface area contributed by atoms with Crippen molar-refractivity contribution >= 4 is 33.4 Å². The zero-order valence-corrected chi connectivity index (χ0v) is 12.8. The Morgan fingerprint density at radius 3 is 2.81 bits per heavy atom. The number of carbonyl (C=O) groups excluding carboxylic acids is 1. The van der Waals surface area contributed by atoms with E-state index >= 15 is 0 Å². The maximum absolute atomic E-state index is 12.1. The smallest absolute Gasteiger partial charge is 0.308 e. The summed E-state index contributed by atoms with van der Waals surface area (Å²) in [5, 5.41) is 11.9. The first kappa shape index (κ1) is 15.4. The number of carbonyl (C=O) groups is 2. The van der Waals surface area contributed by atoms with Gasteiger partial charge in [0, 0.05) is 12.1 Å². The number of hydrogen-bond acceptors (Lipinski definition) is 4. The summed E-state index contributed by atoms with van der Waals surface area (Å²) in [4.78, 5) is 27.4. The molecular formula is C15H18N2O3S. The summed E-state index contributed by atoms with van der Waals surface area (Å²) in [6.07, 6.45) is 0.545. The minimum Gasteiger partial charge on any atom is -0.481 e. The van der Waals surface area contributed by atoms with Crippen molar-refractivity contribution in [3.8, 4) is 0 Å². The van der Waals surface area contributed by atoms with E-state index in [4.69, 9.17) is 5.11 Å². The van der Waals surface area contributed by atoms with Gasteiger partial charge in [-0.25, -0.2) is 4.98 Å². The largest absolute Gasteiger partial charge is 0.481 e. The van der Waals surface area contributed by atoms with Crippen LogP contribution in [0.15, 0.2) is 23.7 Å². The molecular weight excluding hydrogens is 288 g/mol. The number of carboxylic acid groups (broad SMARTS) is 1. The zero-order chi connectivity index (χ0) is 15.4. The number of hydrogen-bond donors (Lipinski definition) is 2. The van der Waals surface area contributed by atoms with Gasteiger partial charge in [-0.15, -0.1) is 11.3 Å². The number of nitrogens with one attached hydrogen (secondary N) is 1.